The van der Waals surface area contributed by atoms with E-state index in [0.717, 1.165) is 0 Å². The highest BCUT2D eigenvalue weighted by molar-refractivity contribution is 5.95. The zero-order valence-electron chi connectivity index (χ0n) is 17.0. The van der Waals surface area contributed by atoms with E-state index >= 15 is 0 Å². The molecule has 26 heavy (non-hydrogen) atoms. The molecule has 0 aromatic rings. The summed E-state index contributed by atoms with van der Waals surface area (Å²) in [4.78, 5) is 49.1. The summed E-state index contributed by atoms with van der Waals surface area (Å²) >= 11 is 0. The lowest BCUT2D eigenvalue weighted by Crippen LogP contribution is -2.51. The first-order chi connectivity index (χ1) is 11.7. The summed E-state index contributed by atoms with van der Waals surface area (Å²) in [6.07, 6.45) is -1.51. The van der Waals surface area contributed by atoms with Crippen molar-refractivity contribution < 1.29 is 33.4 Å². The lowest BCUT2D eigenvalue weighted by Gasteiger charge is -2.32. The van der Waals surface area contributed by atoms with Crippen molar-refractivity contribution in [1.29, 1.82) is 0 Å². The van der Waals surface area contributed by atoms with E-state index in [4.69, 9.17) is 9.47 Å². The minimum absolute atomic E-state index is 0.0662. The van der Waals surface area contributed by atoms with Crippen LogP contribution in [-0.4, -0.2) is 53.2 Å². The Morgan fingerprint density at radius 2 is 1.31 bits per heavy atom. The van der Waals surface area contributed by atoms with E-state index in [1.165, 1.54) is 14.0 Å². The average molecular weight is 373 g/mol. The normalized spacial score (nSPS) is 12.8. The van der Waals surface area contributed by atoms with Crippen LogP contribution in [0, 0.1) is 0 Å². The summed E-state index contributed by atoms with van der Waals surface area (Å²) in [5.41, 5.74) is -1.71. The van der Waals surface area contributed by atoms with Gasteiger partial charge in [-0.05, 0) is 61.3 Å². The molecule has 2 amide bonds. The summed E-state index contributed by atoms with van der Waals surface area (Å²) in [5.74, 6) is -0.847. The van der Waals surface area contributed by atoms with Crippen molar-refractivity contribution >= 4 is 23.9 Å². The number of amides is 2. The van der Waals surface area contributed by atoms with Crippen LogP contribution in [0.15, 0.2) is 0 Å². The number of rotatable bonds is 6. The minimum Gasteiger partial charge on any atom is -0.469 e. The van der Waals surface area contributed by atoms with Crippen LogP contribution in [0.25, 0.3) is 0 Å². The second-order valence-electron chi connectivity index (χ2n) is 7.93. The zero-order valence-corrected chi connectivity index (χ0v) is 17.0. The predicted molar refractivity (Wildman–Crippen MR) is 94.6 cm³/mol. The van der Waals surface area contributed by atoms with Crippen LogP contribution >= 0.6 is 0 Å². The maximum absolute atomic E-state index is 12.5. The second kappa shape index (κ2) is 9.54. The van der Waals surface area contributed by atoms with Crippen LogP contribution in [-0.2, 0) is 23.8 Å². The van der Waals surface area contributed by atoms with Gasteiger partial charge >= 0.3 is 18.2 Å². The number of imide groups is 1. The van der Waals surface area contributed by atoms with Crippen LogP contribution in [0.1, 0.15) is 67.7 Å². The molecule has 8 nitrogen and oxygen atoms in total. The maximum atomic E-state index is 12.5. The predicted octanol–water partition coefficient (Wildman–Crippen LogP) is 3.46. The van der Waals surface area contributed by atoms with Crippen molar-refractivity contribution in [3.63, 3.8) is 0 Å². The number of carbonyl (C=O) groups excluding carboxylic acids is 4. The molecule has 0 heterocycles. The Kier molecular flexibility index (Phi) is 8.76. The first-order valence-electron chi connectivity index (χ1n) is 8.50. The monoisotopic (exact) mass is 373 g/mol. The van der Waals surface area contributed by atoms with Crippen LogP contribution in [0.3, 0.4) is 0 Å². The van der Waals surface area contributed by atoms with E-state index in [0.29, 0.717) is 4.90 Å². The molecular weight excluding hydrogens is 342 g/mol. The summed E-state index contributed by atoms with van der Waals surface area (Å²) < 4.78 is 15.1. The molecule has 0 spiro atoms. The highest BCUT2D eigenvalue weighted by atomic mass is 16.6. The third-order valence-electron chi connectivity index (χ3n) is 3.05. The van der Waals surface area contributed by atoms with Gasteiger partial charge in [0.15, 0.2) is 5.78 Å². The van der Waals surface area contributed by atoms with Gasteiger partial charge in [-0.2, -0.15) is 0 Å². The van der Waals surface area contributed by atoms with Gasteiger partial charge < -0.3 is 14.2 Å². The molecule has 0 saturated heterocycles. The van der Waals surface area contributed by atoms with Gasteiger partial charge in [-0.1, -0.05) is 0 Å². The van der Waals surface area contributed by atoms with E-state index in [-0.39, 0.29) is 19.3 Å². The van der Waals surface area contributed by atoms with Crippen LogP contribution < -0.4 is 0 Å². The molecule has 150 valence electrons. The van der Waals surface area contributed by atoms with Gasteiger partial charge in [0.2, 0.25) is 0 Å². The van der Waals surface area contributed by atoms with E-state index in [9.17, 15) is 19.2 Å². The Hall–Kier alpha value is -2.12. The van der Waals surface area contributed by atoms with Gasteiger partial charge in [-0.3, -0.25) is 9.59 Å². The summed E-state index contributed by atoms with van der Waals surface area (Å²) in [6.45, 7) is 11.2. The summed E-state index contributed by atoms with van der Waals surface area (Å²) in [6, 6.07) is -1.09. The molecule has 0 saturated carbocycles. The highest BCUT2D eigenvalue weighted by Crippen LogP contribution is 2.20. The number of hydrogen-bond acceptors (Lipinski definition) is 7. The van der Waals surface area contributed by atoms with Crippen LogP contribution in [0.4, 0.5) is 9.59 Å². The van der Waals surface area contributed by atoms with E-state index in [1.807, 2.05) is 0 Å². The molecule has 0 aliphatic carbocycles. The second-order valence-corrected chi connectivity index (χ2v) is 7.93. The molecule has 1 unspecified atom stereocenters. The Morgan fingerprint density at radius 1 is 0.885 bits per heavy atom. The molecule has 0 bridgehead atoms. The standard InChI is InChI=1S/C18H31NO7/c1-12(20)13(10-9-11-14(21)24-8)19(15(22)25-17(2,3)4)16(23)26-18(5,6)7/h13H,9-11H2,1-8H3. The molecule has 1 atom stereocenters. The molecule has 0 aromatic heterocycles. The van der Waals surface area contributed by atoms with Crippen LogP contribution in [0.2, 0.25) is 0 Å². The molecule has 8 heteroatoms. The van der Waals surface area contributed by atoms with Crippen LogP contribution in [0.5, 0.6) is 0 Å². The van der Waals surface area contributed by atoms with E-state index in [1.54, 1.807) is 41.5 Å². The number of nitrogens with zero attached hydrogens (tertiary/aromatic N) is 1. The number of esters is 1. The summed E-state index contributed by atoms with van der Waals surface area (Å²) in [5, 5.41) is 0. The lowest BCUT2D eigenvalue weighted by molar-refractivity contribution is -0.141. The van der Waals surface area contributed by atoms with Gasteiger partial charge in [-0.25, -0.2) is 14.5 Å². The quantitative estimate of drug-likeness (QED) is 0.519. The summed E-state index contributed by atoms with van der Waals surface area (Å²) in [7, 11) is 1.26. The number of methoxy groups -OCH3 is 1. The Balaban J connectivity index is 5.52. The van der Waals surface area contributed by atoms with Crippen molar-refractivity contribution in [1.82, 2.24) is 4.90 Å². The third-order valence-corrected chi connectivity index (χ3v) is 3.05. The van der Waals surface area contributed by atoms with Gasteiger partial charge in [-0.15, -0.1) is 0 Å². The van der Waals surface area contributed by atoms with Gasteiger partial charge in [0.05, 0.1) is 7.11 Å². The molecule has 0 aliphatic rings. The Labute approximate surface area is 155 Å². The van der Waals surface area contributed by atoms with Crippen molar-refractivity contribution in [2.24, 2.45) is 0 Å². The smallest absolute Gasteiger partial charge is 0.420 e. The van der Waals surface area contributed by atoms with E-state index in [2.05, 4.69) is 4.74 Å². The van der Waals surface area contributed by atoms with Crippen molar-refractivity contribution in [2.45, 2.75) is 85.0 Å². The Morgan fingerprint density at radius 3 is 1.62 bits per heavy atom. The topological polar surface area (TPSA) is 99.2 Å². The Bertz CT molecular complexity index is 501. The fourth-order valence-corrected chi connectivity index (χ4v) is 2.01. The number of ether oxygens (including phenoxy) is 3. The molecular formula is C18H31NO7. The van der Waals surface area contributed by atoms with Gasteiger partial charge in [0.25, 0.3) is 0 Å². The van der Waals surface area contributed by atoms with Crippen molar-refractivity contribution in [3.05, 3.63) is 0 Å². The number of hydrogen-bond donors (Lipinski definition) is 0. The van der Waals surface area contributed by atoms with Gasteiger partial charge in [0.1, 0.15) is 17.2 Å². The molecule has 0 fully saturated rings. The largest absolute Gasteiger partial charge is 0.469 e. The molecule has 0 rings (SSSR count). The fraction of sp³-hybridized carbons (Fsp3) is 0.778. The number of carbonyl (C=O) groups is 4. The fourth-order valence-electron chi connectivity index (χ4n) is 2.01. The zero-order chi connectivity index (χ0) is 20.7. The number of Topliss-reactive ketones (excluding diaryl/α,β-unsaturated/α-hetero) is 1. The third kappa shape index (κ3) is 9.39. The van der Waals surface area contributed by atoms with E-state index < -0.39 is 41.2 Å². The van der Waals surface area contributed by atoms with Crippen molar-refractivity contribution in [2.75, 3.05) is 7.11 Å². The van der Waals surface area contributed by atoms with Crippen molar-refractivity contribution in [3.8, 4) is 0 Å². The minimum atomic E-state index is -1.09. The lowest BCUT2D eigenvalue weighted by atomic mass is 10.0. The SMILES string of the molecule is COC(=O)CCCC(C(C)=O)N(C(=O)OC(C)(C)C)C(=O)OC(C)(C)C. The molecule has 0 N–H and O–H groups in total. The molecule has 0 aliphatic heterocycles. The maximum Gasteiger partial charge on any atom is 0.420 e. The average Bonchev–Trinajstić information content (AvgIpc) is 2.41. The molecule has 0 radical (unpaired) electrons. The first-order valence-corrected chi connectivity index (χ1v) is 8.50. The van der Waals surface area contributed by atoms with Gasteiger partial charge in [0, 0.05) is 6.42 Å². The highest BCUT2D eigenvalue weighted by Gasteiger charge is 2.38. The molecule has 0 aromatic carbocycles. The first kappa shape index (κ1) is 23.9. The number of ketones is 1.